The van der Waals surface area contributed by atoms with Gasteiger partial charge in [-0.25, -0.2) is 4.39 Å². The lowest BCUT2D eigenvalue weighted by Gasteiger charge is -2.09. The molecule has 0 aliphatic carbocycles. The summed E-state index contributed by atoms with van der Waals surface area (Å²) in [7, 11) is 0. The standard InChI is InChI=1S/C16H13FN2O/c17-15-7-6-12(13-9-18-19-10-13)8-14(15)16(20)11-4-2-1-3-5-11/h1-9,13,19H,10H2. The molecule has 1 unspecified atom stereocenters. The van der Waals surface area contributed by atoms with Crippen molar-refractivity contribution in [1.29, 1.82) is 0 Å². The number of halogens is 1. The number of benzene rings is 2. The Kier molecular flexibility index (Phi) is 3.29. The molecule has 1 heterocycles. The molecule has 0 radical (unpaired) electrons. The van der Waals surface area contributed by atoms with Crippen molar-refractivity contribution in [2.24, 2.45) is 5.10 Å². The van der Waals surface area contributed by atoms with Gasteiger partial charge in [0.15, 0.2) is 5.78 Å². The first kappa shape index (κ1) is 12.5. The van der Waals surface area contributed by atoms with Crippen LogP contribution >= 0.6 is 0 Å². The number of carbonyl (C=O) groups is 1. The van der Waals surface area contributed by atoms with Gasteiger partial charge in [-0.3, -0.25) is 4.79 Å². The fourth-order valence-corrected chi connectivity index (χ4v) is 2.24. The molecule has 2 aromatic rings. The second kappa shape index (κ2) is 5.25. The SMILES string of the molecule is O=C(c1ccccc1)c1cc(C2C=NNC2)ccc1F. The maximum absolute atomic E-state index is 13.9. The average Bonchev–Trinajstić information content (AvgIpc) is 3.02. The highest BCUT2D eigenvalue weighted by Gasteiger charge is 2.18. The summed E-state index contributed by atoms with van der Waals surface area (Å²) in [5.74, 6) is -0.712. The van der Waals surface area contributed by atoms with Crippen LogP contribution in [-0.2, 0) is 0 Å². The van der Waals surface area contributed by atoms with Crippen LogP contribution in [0.15, 0.2) is 53.6 Å². The quantitative estimate of drug-likeness (QED) is 0.870. The van der Waals surface area contributed by atoms with E-state index in [0.29, 0.717) is 12.1 Å². The first-order valence-corrected chi connectivity index (χ1v) is 6.41. The number of hydrazone groups is 1. The molecular formula is C16H13FN2O. The van der Waals surface area contributed by atoms with Crippen LogP contribution in [0, 0.1) is 5.82 Å². The largest absolute Gasteiger partial charge is 0.309 e. The van der Waals surface area contributed by atoms with Gasteiger partial charge in [0.2, 0.25) is 0 Å². The number of carbonyl (C=O) groups excluding carboxylic acids is 1. The molecule has 0 fully saturated rings. The second-order valence-corrected chi connectivity index (χ2v) is 4.68. The maximum Gasteiger partial charge on any atom is 0.195 e. The Morgan fingerprint density at radius 1 is 1.20 bits per heavy atom. The van der Waals surface area contributed by atoms with Crippen molar-refractivity contribution in [3.63, 3.8) is 0 Å². The Morgan fingerprint density at radius 2 is 2.00 bits per heavy atom. The zero-order chi connectivity index (χ0) is 13.9. The smallest absolute Gasteiger partial charge is 0.195 e. The lowest BCUT2D eigenvalue weighted by Crippen LogP contribution is -2.11. The molecule has 100 valence electrons. The Bertz CT molecular complexity index is 667. The van der Waals surface area contributed by atoms with Crippen molar-refractivity contribution in [1.82, 2.24) is 5.43 Å². The number of rotatable bonds is 3. The molecule has 1 atom stereocenters. The first-order valence-electron chi connectivity index (χ1n) is 6.41. The predicted octanol–water partition coefficient (Wildman–Crippen LogP) is 2.73. The van der Waals surface area contributed by atoms with Crippen molar-refractivity contribution in [2.45, 2.75) is 5.92 Å². The van der Waals surface area contributed by atoms with Crippen LogP contribution in [0.1, 0.15) is 27.4 Å². The van der Waals surface area contributed by atoms with E-state index in [2.05, 4.69) is 10.5 Å². The van der Waals surface area contributed by atoms with Gasteiger partial charge in [-0.05, 0) is 17.7 Å². The van der Waals surface area contributed by atoms with Crippen molar-refractivity contribution < 1.29 is 9.18 Å². The van der Waals surface area contributed by atoms with Gasteiger partial charge in [0.1, 0.15) is 5.82 Å². The van der Waals surface area contributed by atoms with E-state index in [1.807, 2.05) is 6.07 Å². The molecule has 1 aliphatic heterocycles. The summed E-state index contributed by atoms with van der Waals surface area (Å²) >= 11 is 0. The van der Waals surface area contributed by atoms with Gasteiger partial charge in [0, 0.05) is 24.2 Å². The molecule has 0 amide bonds. The molecule has 20 heavy (non-hydrogen) atoms. The molecule has 0 bridgehead atoms. The van der Waals surface area contributed by atoms with Crippen LogP contribution < -0.4 is 5.43 Å². The van der Waals surface area contributed by atoms with Crippen LogP contribution in [0.25, 0.3) is 0 Å². The average molecular weight is 268 g/mol. The Balaban J connectivity index is 1.98. The molecule has 0 aromatic heterocycles. The second-order valence-electron chi connectivity index (χ2n) is 4.68. The van der Waals surface area contributed by atoms with Crippen molar-refractivity contribution in [2.75, 3.05) is 6.54 Å². The van der Waals surface area contributed by atoms with E-state index < -0.39 is 5.82 Å². The third-order valence-corrected chi connectivity index (χ3v) is 3.36. The highest BCUT2D eigenvalue weighted by molar-refractivity contribution is 6.09. The van der Waals surface area contributed by atoms with Gasteiger partial charge >= 0.3 is 0 Å². The monoisotopic (exact) mass is 268 g/mol. The summed E-state index contributed by atoms with van der Waals surface area (Å²) in [5.41, 5.74) is 4.34. The fraction of sp³-hybridized carbons (Fsp3) is 0.125. The Morgan fingerprint density at radius 3 is 2.70 bits per heavy atom. The first-order chi connectivity index (χ1) is 9.75. The highest BCUT2D eigenvalue weighted by atomic mass is 19.1. The third kappa shape index (κ3) is 2.32. The van der Waals surface area contributed by atoms with E-state index in [9.17, 15) is 9.18 Å². The third-order valence-electron chi connectivity index (χ3n) is 3.36. The Labute approximate surface area is 116 Å². The summed E-state index contributed by atoms with van der Waals surface area (Å²) in [4.78, 5) is 12.3. The summed E-state index contributed by atoms with van der Waals surface area (Å²) < 4.78 is 13.9. The maximum atomic E-state index is 13.9. The van der Waals surface area contributed by atoms with E-state index in [1.54, 1.807) is 42.6 Å². The van der Waals surface area contributed by atoms with Gasteiger partial charge in [-0.1, -0.05) is 36.4 Å². The van der Waals surface area contributed by atoms with Crippen molar-refractivity contribution in [3.8, 4) is 0 Å². The lowest BCUT2D eigenvalue weighted by molar-refractivity contribution is 0.103. The number of hydrogen-bond acceptors (Lipinski definition) is 3. The number of nitrogens with zero attached hydrogens (tertiary/aromatic N) is 1. The van der Waals surface area contributed by atoms with Crippen LogP contribution in [0.4, 0.5) is 4.39 Å². The van der Waals surface area contributed by atoms with Crippen LogP contribution in [0.2, 0.25) is 0 Å². The van der Waals surface area contributed by atoms with Crippen LogP contribution in [0.3, 0.4) is 0 Å². The lowest BCUT2D eigenvalue weighted by atomic mass is 9.95. The molecule has 0 saturated carbocycles. The number of ketones is 1. The van der Waals surface area contributed by atoms with E-state index in [4.69, 9.17) is 0 Å². The van der Waals surface area contributed by atoms with Crippen molar-refractivity contribution >= 4 is 12.0 Å². The summed E-state index contributed by atoms with van der Waals surface area (Å²) in [6.45, 7) is 0.671. The number of nitrogens with one attached hydrogen (secondary N) is 1. The van der Waals surface area contributed by atoms with Crippen LogP contribution in [-0.4, -0.2) is 18.5 Å². The molecule has 0 spiro atoms. The predicted molar refractivity (Wildman–Crippen MR) is 75.5 cm³/mol. The van der Waals surface area contributed by atoms with E-state index >= 15 is 0 Å². The zero-order valence-corrected chi connectivity index (χ0v) is 10.7. The minimum atomic E-state index is -0.495. The summed E-state index contributed by atoms with van der Waals surface area (Å²) in [5, 5.41) is 3.94. The topological polar surface area (TPSA) is 41.5 Å². The Hall–Kier alpha value is -2.49. The van der Waals surface area contributed by atoms with Gasteiger partial charge in [0.25, 0.3) is 0 Å². The minimum Gasteiger partial charge on any atom is -0.309 e. The van der Waals surface area contributed by atoms with E-state index in [0.717, 1.165) is 5.56 Å². The fourth-order valence-electron chi connectivity index (χ4n) is 2.24. The molecule has 4 heteroatoms. The van der Waals surface area contributed by atoms with Crippen LogP contribution in [0.5, 0.6) is 0 Å². The summed E-state index contributed by atoms with van der Waals surface area (Å²) in [6.07, 6.45) is 1.77. The van der Waals surface area contributed by atoms with E-state index in [1.165, 1.54) is 6.07 Å². The van der Waals surface area contributed by atoms with Gasteiger partial charge in [0.05, 0.1) is 5.56 Å². The molecule has 1 aliphatic rings. The normalized spacial score (nSPS) is 16.9. The van der Waals surface area contributed by atoms with Gasteiger partial charge < -0.3 is 5.43 Å². The molecule has 2 aromatic carbocycles. The molecule has 0 saturated heterocycles. The molecule has 3 nitrogen and oxygen atoms in total. The molecule has 1 N–H and O–H groups in total. The summed E-state index contributed by atoms with van der Waals surface area (Å²) in [6, 6.07) is 13.4. The highest BCUT2D eigenvalue weighted by Crippen LogP contribution is 2.21. The molecule has 3 rings (SSSR count). The van der Waals surface area contributed by atoms with Gasteiger partial charge in [-0.15, -0.1) is 0 Å². The molecular weight excluding hydrogens is 255 g/mol. The van der Waals surface area contributed by atoms with Crippen molar-refractivity contribution in [3.05, 3.63) is 71.0 Å². The zero-order valence-electron chi connectivity index (χ0n) is 10.7. The van der Waals surface area contributed by atoms with Gasteiger partial charge in [-0.2, -0.15) is 5.10 Å². The number of hydrogen-bond donors (Lipinski definition) is 1. The minimum absolute atomic E-state index is 0.0814. The van der Waals surface area contributed by atoms with E-state index in [-0.39, 0.29) is 17.3 Å².